The highest BCUT2D eigenvalue weighted by atomic mass is 16.5. The molecule has 3 aliphatic rings. The minimum atomic E-state index is -0.00226. The van der Waals surface area contributed by atoms with Gasteiger partial charge in [0.15, 0.2) is 17.3 Å². The molecule has 3 fully saturated rings. The van der Waals surface area contributed by atoms with Crippen molar-refractivity contribution in [1.82, 2.24) is 29.9 Å². The van der Waals surface area contributed by atoms with Crippen LogP contribution in [-0.2, 0) is 28.6 Å². The number of nitrogens with zero attached hydrogens (tertiary/aromatic N) is 6. The second kappa shape index (κ2) is 41.7. The van der Waals surface area contributed by atoms with E-state index in [0.717, 1.165) is 33.6 Å². The van der Waals surface area contributed by atoms with Crippen LogP contribution in [0.25, 0.3) is 36.5 Å². The lowest BCUT2D eigenvalue weighted by Gasteiger charge is -2.17. The predicted molar refractivity (Wildman–Crippen MR) is 309 cm³/mol. The first-order valence-electron chi connectivity index (χ1n) is 26.0. The third kappa shape index (κ3) is 24.2. The molecule has 0 atom stereocenters. The van der Waals surface area contributed by atoms with Crippen molar-refractivity contribution >= 4 is 53.8 Å². The van der Waals surface area contributed by atoms with Gasteiger partial charge in [0.25, 0.3) is 0 Å². The van der Waals surface area contributed by atoms with Crippen LogP contribution in [0, 0.1) is 0 Å². The lowest BCUT2D eigenvalue weighted by molar-refractivity contribution is -0.115. The van der Waals surface area contributed by atoms with Crippen molar-refractivity contribution in [2.75, 3.05) is 39.6 Å². The molecule has 0 N–H and O–H groups in total. The summed E-state index contributed by atoms with van der Waals surface area (Å²) in [5.41, 5.74) is 9.02. The molecule has 0 bridgehead atoms. The summed E-state index contributed by atoms with van der Waals surface area (Å²) >= 11 is 0. The molecule has 6 aromatic heterocycles. The average Bonchev–Trinajstić information content (AvgIpc) is 3.49. The molecular weight excluding hydrogens is 937 g/mol. The number of carbonyl (C=O) groups excluding carboxylic acids is 3. The Morgan fingerprint density at radius 1 is 0.307 bits per heavy atom. The minimum Gasteiger partial charge on any atom is -0.372 e. The van der Waals surface area contributed by atoms with Crippen LogP contribution in [-0.4, -0.2) is 86.9 Å². The highest BCUT2D eigenvalue weighted by Crippen LogP contribution is 2.22. The Morgan fingerprint density at radius 3 is 0.867 bits per heavy atom. The summed E-state index contributed by atoms with van der Waals surface area (Å²) in [6.45, 7) is 26.0. The molecule has 12 heteroatoms. The Kier molecular flexibility index (Phi) is 36.3. The fraction of sp³-hybridized carbons (Fsp3) is 0.286. The minimum absolute atomic E-state index is 0.00226. The summed E-state index contributed by atoms with van der Waals surface area (Å²) in [5.74, 6) is 0.0568. The zero-order valence-corrected chi connectivity index (χ0v) is 46.2. The van der Waals surface area contributed by atoms with Crippen LogP contribution >= 0.6 is 0 Å². The molecule has 0 saturated carbocycles. The zero-order chi connectivity index (χ0) is 55.5. The van der Waals surface area contributed by atoms with E-state index in [0.29, 0.717) is 73.1 Å². The van der Waals surface area contributed by atoms with Gasteiger partial charge in [-0.3, -0.25) is 44.3 Å². The molecule has 0 amide bonds. The van der Waals surface area contributed by atoms with Gasteiger partial charge in [-0.25, -0.2) is 0 Å². The summed E-state index contributed by atoms with van der Waals surface area (Å²) in [4.78, 5) is 61.8. The van der Waals surface area contributed by atoms with Gasteiger partial charge in [0, 0.05) is 95.4 Å². The molecule has 0 spiro atoms. The third-order valence-electron chi connectivity index (χ3n) is 9.46. The summed E-state index contributed by atoms with van der Waals surface area (Å²) < 4.78 is 16.5. The molecule has 0 aromatic carbocycles. The van der Waals surface area contributed by atoms with Crippen molar-refractivity contribution < 1.29 is 28.6 Å². The number of aromatic nitrogens is 6. The van der Waals surface area contributed by atoms with Gasteiger partial charge in [0.05, 0.1) is 51.0 Å². The van der Waals surface area contributed by atoms with Crippen LogP contribution in [0.4, 0.5) is 0 Å². The number of Topliss-reactive ketones (excluding diaryl/α,β-unsaturated/α-hetero) is 3. The monoisotopic (exact) mass is 1010 g/mol. The normalized spacial score (nSPS) is 16.6. The van der Waals surface area contributed by atoms with Crippen LogP contribution in [0.1, 0.15) is 117 Å². The van der Waals surface area contributed by atoms with E-state index >= 15 is 0 Å². The van der Waals surface area contributed by atoms with Gasteiger partial charge in [0.2, 0.25) is 0 Å². The van der Waals surface area contributed by atoms with E-state index in [-0.39, 0.29) is 17.3 Å². The van der Waals surface area contributed by atoms with Gasteiger partial charge in [-0.05, 0) is 119 Å². The summed E-state index contributed by atoms with van der Waals surface area (Å²) in [7, 11) is 0. The number of pyridine rings is 6. The molecule has 0 unspecified atom stereocenters. The van der Waals surface area contributed by atoms with Crippen LogP contribution in [0.3, 0.4) is 0 Å². The van der Waals surface area contributed by atoms with Crippen molar-refractivity contribution in [2.45, 2.75) is 83.1 Å². The average molecular weight is 1020 g/mol. The molecule has 396 valence electrons. The van der Waals surface area contributed by atoms with Gasteiger partial charge in [0.1, 0.15) is 0 Å². The first-order valence-corrected chi connectivity index (χ1v) is 26.0. The van der Waals surface area contributed by atoms with E-state index in [1.54, 1.807) is 74.1 Å². The first kappa shape index (κ1) is 65.2. The maximum absolute atomic E-state index is 12.5. The van der Waals surface area contributed by atoms with E-state index in [2.05, 4.69) is 29.9 Å². The number of ether oxygens (including phenoxy) is 3. The van der Waals surface area contributed by atoms with Crippen molar-refractivity contribution in [2.24, 2.45) is 0 Å². The molecule has 75 heavy (non-hydrogen) atoms. The zero-order valence-electron chi connectivity index (χ0n) is 46.2. The Labute approximate surface area is 447 Å². The Hall–Kier alpha value is -7.77. The molecule has 3 aliphatic heterocycles. The van der Waals surface area contributed by atoms with Crippen LogP contribution in [0.2, 0.25) is 0 Å². The van der Waals surface area contributed by atoms with Crippen LogP contribution in [0.5, 0.6) is 0 Å². The molecule has 12 nitrogen and oxygen atoms in total. The molecule has 6 aromatic rings. The quantitative estimate of drug-likeness (QED) is 0.146. The lowest BCUT2D eigenvalue weighted by atomic mass is 9.98. The second-order valence-electron chi connectivity index (χ2n) is 14.1. The number of carbonyl (C=O) groups is 3. The fourth-order valence-electron chi connectivity index (χ4n) is 6.39. The summed E-state index contributed by atoms with van der Waals surface area (Å²) in [6, 6.07) is 26.1. The van der Waals surface area contributed by atoms with Gasteiger partial charge < -0.3 is 14.2 Å². The summed E-state index contributed by atoms with van der Waals surface area (Å²) in [6.07, 6.45) is 28.0. The third-order valence-corrected chi connectivity index (χ3v) is 9.46. The second-order valence-corrected chi connectivity index (χ2v) is 14.1. The number of hydrogen-bond acceptors (Lipinski definition) is 12. The smallest absolute Gasteiger partial charge is 0.189 e. The standard InChI is InChI=1S/3C17H14N2O2.6C2H6/c20-17-15(9-13-1-5-18-6-2-13)11-21-12-16(17)10-14-3-7-19-8-4-14;20-17-15(7-13-3-1-5-18-9-13)11-21-12-16(17)8-14-4-2-6-19-10-14;20-17-13(9-15-5-1-3-7-18-15)11-21-12-14(17)10-16-6-2-4-8-19-16;6*1-2/h3*1-10H,11-12H2;6*1-2H3/b15-9+,16-10+;15-7+,16-8+;13-9+,14-10+;;;;;;. The van der Waals surface area contributed by atoms with E-state index in [9.17, 15) is 14.4 Å². The van der Waals surface area contributed by atoms with Crippen molar-refractivity contribution in [1.29, 1.82) is 0 Å². The van der Waals surface area contributed by atoms with Crippen LogP contribution < -0.4 is 0 Å². The molecule has 3 saturated heterocycles. The maximum Gasteiger partial charge on any atom is 0.189 e. The van der Waals surface area contributed by atoms with Gasteiger partial charge in [-0.15, -0.1) is 0 Å². The van der Waals surface area contributed by atoms with E-state index < -0.39 is 0 Å². The number of rotatable bonds is 6. The topological polar surface area (TPSA) is 156 Å². The molecule has 9 heterocycles. The Bertz CT molecular complexity index is 2200. The van der Waals surface area contributed by atoms with Gasteiger partial charge in [-0.2, -0.15) is 0 Å². The lowest BCUT2D eigenvalue weighted by Crippen LogP contribution is -2.22. The Morgan fingerprint density at radius 2 is 0.600 bits per heavy atom. The SMILES string of the molecule is CC.CC.CC.CC.CC.CC.O=C1/C(=C/c2ccccn2)COC/C1=C\c1ccccn1.O=C1/C(=C/c2cccnc2)COC/C1=C\c1cccnc1.O=C1/C(=C/c2ccncc2)COC/C1=C\c1ccncc1. The highest BCUT2D eigenvalue weighted by Gasteiger charge is 2.23. The number of hydrogen-bond donors (Lipinski definition) is 0. The predicted octanol–water partition coefficient (Wildman–Crippen LogP) is 13.8. The molecule has 0 radical (unpaired) electrons. The molecular formula is C63H78N6O6. The van der Waals surface area contributed by atoms with Gasteiger partial charge in [-0.1, -0.05) is 107 Å². The maximum atomic E-state index is 12.5. The Balaban J connectivity index is 0.000000510. The highest BCUT2D eigenvalue weighted by molar-refractivity contribution is 6.15. The van der Waals surface area contributed by atoms with E-state index in [4.69, 9.17) is 14.2 Å². The van der Waals surface area contributed by atoms with E-state index in [1.165, 1.54) is 0 Å². The van der Waals surface area contributed by atoms with Crippen LogP contribution in [0.15, 0.2) is 180 Å². The molecule has 9 rings (SSSR count). The summed E-state index contributed by atoms with van der Waals surface area (Å²) in [5, 5.41) is 0. The van der Waals surface area contributed by atoms with Crippen molar-refractivity contribution in [3.63, 3.8) is 0 Å². The van der Waals surface area contributed by atoms with E-state index in [1.807, 2.05) is 192 Å². The first-order chi connectivity index (χ1) is 37.0. The van der Waals surface area contributed by atoms with Gasteiger partial charge >= 0.3 is 0 Å². The largest absolute Gasteiger partial charge is 0.372 e. The van der Waals surface area contributed by atoms with Crippen molar-refractivity contribution in [3.05, 3.63) is 214 Å². The molecule has 0 aliphatic carbocycles. The fourth-order valence-corrected chi connectivity index (χ4v) is 6.39. The van der Waals surface area contributed by atoms with Crippen molar-refractivity contribution in [3.8, 4) is 0 Å². The number of ketones is 3.